The van der Waals surface area contributed by atoms with Crippen LogP contribution >= 0.6 is 0 Å². The van der Waals surface area contributed by atoms with E-state index in [0.717, 1.165) is 55.0 Å². The first kappa shape index (κ1) is 30.6. The molecule has 1 aromatic rings. The Morgan fingerprint density at radius 3 is 1.95 bits per heavy atom. The Kier molecular flexibility index (Phi) is 12.2. The summed E-state index contributed by atoms with van der Waals surface area (Å²) >= 11 is 0. The highest BCUT2D eigenvalue weighted by Crippen LogP contribution is 2.45. The van der Waals surface area contributed by atoms with Gasteiger partial charge in [-0.1, -0.05) is 71.4 Å². The quantitative estimate of drug-likeness (QED) is 0.263. The predicted octanol–water partition coefficient (Wildman–Crippen LogP) is 10.3. The molecule has 0 atom stereocenters. The average molecular weight is 540 g/mol. The van der Waals surface area contributed by atoms with E-state index in [1.54, 1.807) is 0 Å². The topological polar surface area (TPSA) is 29.1 Å². The van der Waals surface area contributed by atoms with Gasteiger partial charge in [0.15, 0.2) is 0 Å². The minimum absolute atomic E-state index is 0.0517. The van der Waals surface area contributed by atoms with Crippen molar-refractivity contribution < 1.29 is 9.18 Å². The molecule has 0 radical (unpaired) electrons. The molecule has 0 heterocycles. The summed E-state index contributed by atoms with van der Waals surface area (Å²) in [5, 5.41) is 3.04. The molecule has 0 spiro atoms. The van der Waals surface area contributed by atoms with Gasteiger partial charge in [0, 0.05) is 12.5 Å². The maximum atomic E-state index is 15.4. The molecule has 1 N–H and O–H groups in total. The molecule has 3 fully saturated rings. The molecule has 3 aliphatic rings. The molecule has 0 bridgehead atoms. The van der Waals surface area contributed by atoms with E-state index in [1.165, 1.54) is 102 Å². The van der Waals surface area contributed by atoms with Crippen molar-refractivity contribution >= 4 is 5.91 Å². The molecular formula is C36H58FNO. The van der Waals surface area contributed by atoms with Gasteiger partial charge in [-0.3, -0.25) is 4.79 Å². The molecule has 1 aromatic carbocycles. The van der Waals surface area contributed by atoms with Gasteiger partial charge in [-0.05, 0) is 130 Å². The van der Waals surface area contributed by atoms with Crippen LogP contribution in [-0.4, -0.2) is 12.5 Å². The van der Waals surface area contributed by atoms with Crippen LogP contribution in [0, 0.1) is 35.4 Å². The second-order valence-corrected chi connectivity index (χ2v) is 14.0. The van der Waals surface area contributed by atoms with E-state index >= 15 is 4.39 Å². The third-order valence-corrected chi connectivity index (χ3v) is 10.9. The number of nitrogens with one attached hydrogen (secondary N) is 1. The van der Waals surface area contributed by atoms with Crippen LogP contribution in [0.25, 0.3) is 0 Å². The van der Waals surface area contributed by atoms with Gasteiger partial charge in [0.2, 0.25) is 5.91 Å². The summed E-state index contributed by atoms with van der Waals surface area (Å²) in [6, 6.07) is 6.32. The lowest BCUT2D eigenvalue weighted by Gasteiger charge is -2.38. The average Bonchev–Trinajstić information content (AvgIpc) is 2.96. The van der Waals surface area contributed by atoms with Crippen molar-refractivity contribution in [3.8, 4) is 0 Å². The lowest BCUT2D eigenvalue weighted by atomic mass is 9.68. The Hall–Kier alpha value is -1.38. The summed E-state index contributed by atoms with van der Waals surface area (Å²) in [4.78, 5) is 11.7. The fourth-order valence-electron chi connectivity index (χ4n) is 8.25. The van der Waals surface area contributed by atoms with Crippen molar-refractivity contribution in [3.63, 3.8) is 0 Å². The van der Waals surface area contributed by atoms with Crippen molar-refractivity contribution in [2.45, 2.75) is 148 Å². The maximum Gasteiger partial charge on any atom is 0.222 e. The monoisotopic (exact) mass is 539 g/mol. The number of unbranched alkanes of at least 4 members (excludes halogenated alkanes) is 2. The number of hydrogen-bond donors (Lipinski definition) is 1. The first-order chi connectivity index (χ1) is 18.9. The van der Waals surface area contributed by atoms with Crippen LogP contribution in [0.4, 0.5) is 4.39 Å². The van der Waals surface area contributed by atoms with Crippen LogP contribution in [0.3, 0.4) is 0 Å². The lowest BCUT2D eigenvalue weighted by Crippen LogP contribution is -2.29. The minimum atomic E-state index is 0.0517. The molecule has 2 nitrogen and oxygen atoms in total. The van der Waals surface area contributed by atoms with Gasteiger partial charge in [-0.2, -0.15) is 0 Å². The Balaban J connectivity index is 1.16. The molecule has 3 aliphatic carbocycles. The standard InChI is InChI=1S/C36H58FNO/c1-4-5-6-8-27-10-14-29(15-11-27)30-18-20-31(21-19-30)33-22-23-34(35(37)25-33)32-16-12-28(13-17-32)9-7-24-38-36(39)26(2)3/h22-23,25-32H,4-21,24H2,1-3H3,(H,38,39). The number of amides is 1. The molecule has 3 saturated carbocycles. The molecule has 39 heavy (non-hydrogen) atoms. The highest BCUT2D eigenvalue weighted by molar-refractivity contribution is 5.77. The third kappa shape index (κ3) is 9.06. The molecular weight excluding hydrogens is 481 g/mol. The van der Waals surface area contributed by atoms with Crippen molar-refractivity contribution in [1.29, 1.82) is 0 Å². The van der Waals surface area contributed by atoms with Gasteiger partial charge in [0.1, 0.15) is 5.82 Å². The summed E-state index contributed by atoms with van der Waals surface area (Å²) in [6.45, 7) is 6.97. The van der Waals surface area contributed by atoms with E-state index in [2.05, 4.69) is 24.4 Å². The van der Waals surface area contributed by atoms with Gasteiger partial charge in [0.05, 0.1) is 0 Å². The predicted molar refractivity (Wildman–Crippen MR) is 162 cm³/mol. The van der Waals surface area contributed by atoms with Crippen molar-refractivity contribution in [3.05, 3.63) is 35.1 Å². The summed E-state index contributed by atoms with van der Waals surface area (Å²) in [5.74, 6) is 4.81. The Morgan fingerprint density at radius 1 is 0.795 bits per heavy atom. The lowest BCUT2D eigenvalue weighted by molar-refractivity contribution is -0.123. The number of hydrogen-bond acceptors (Lipinski definition) is 1. The van der Waals surface area contributed by atoms with E-state index in [-0.39, 0.29) is 17.6 Å². The first-order valence-corrected chi connectivity index (χ1v) is 17.0. The van der Waals surface area contributed by atoms with Crippen LogP contribution in [0.5, 0.6) is 0 Å². The minimum Gasteiger partial charge on any atom is -0.356 e. The molecule has 1 amide bonds. The molecule has 0 saturated heterocycles. The van der Waals surface area contributed by atoms with Gasteiger partial charge in [-0.15, -0.1) is 0 Å². The zero-order valence-corrected chi connectivity index (χ0v) is 25.5. The van der Waals surface area contributed by atoms with Crippen molar-refractivity contribution in [2.75, 3.05) is 6.54 Å². The van der Waals surface area contributed by atoms with E-state index < -0.39 is 0 Å². The molecule has 0 unspecified atom stereocenters. The summed E-state index contributed by atoms with van der Waals surface area (Å²) in [5.41, 5.74) is 2.22. The first-order valence-electron chi connectivity index (χ1n) is 17.0. The SMILES string of the molecule is CCCCCC1CCC(C2CCC(c3ccc(C4CCC(CCCNC(=O)C(C)C)CC4)c(F)c3)CC2)CC1. The highest BCUT2D eigenvalue weighted by Gasteiger charge is 2.32. The fourth-order valence-corrected chi connectivity index (χ4v) is 8.25. The number of carbonyl (C=O) groups excluding carboxylic acids is 1. The number of carbonyl (C=O) groups is 1. The zero-order valence-electron chi connectivity index (χ0n) is 25.5. The van der Waals surface area contributed by atoms with E-state index in [4.69, 9.17) is 0 Å². The largest absolute Gasteiger partial charge is 0.356 e. The Morgan fingerprint density at radius 2 is 1.36 bits per heavy atom. The van der Waals surface area contributed by atoms with Crippen LogP contribution < -0.4 is 5.32 Å². The Labute approximate surface area is 239 Å². The smallest absolute Gasteiger partial charge is 0.222 e. The molecule has 0 aliphatic heterocycles. The van der Waals surface area contributed by atoms with Gasteiger partial charge >= 0.3 is 0 Å². The zero-order chi connectivity index (χ0) is 27.6. The summed E-state index contributed by atoms with van der Waals surface area (Å²) < 4.78 is 15.4. The number of halogens is 1. The van der Waals surface area contributed by atoms with Crippen LogP contribution in [0.15, 0.2) is 18.2 Å². The number of benzene rings is 1. The normalized spacial score (nSPS) is 29.9. The van der Waals surface area contributed by atoms with Crippen molar-refractivity contribution in [1.82, 2.24) is 5.32 Å². The molecule has 0 aromatic heterocycles. The maximum absolute atomic E-state index is 15.4. The second-order valence-electron chi connectivity index (χ2n) is 14.0. The highest BCUT2D eigenvalue weighted by atomic mass is 19.1. The summed E-state index contributed by atoms with van der Waals surface area (Å²) in [7, 11) is 0. The van der Waals surface area contributed by atoms with Gasteiger partial charge < -0.3 is 5.32 Å². The second kappa shape index (κ2) is 15.6. The summed E-state index contributed by atoms with van der Waals surface area (Å²) in [6.07, 6.45) is 23.6. The fraction of sp³-hybridized carbons (Fsp3) is 0.806. The van der Waals surface area contributed by atoms with Gasteiger partial charge in [0.25, 0.3) is 0 Å². The van der Waals surface area contributed by atoms with Crippen LogP contribution in [0.2, 0.25) is 0 Å². The Bertz CT molecular complexity index is 857. The molecule has 220 valence electrons. The van der Waals surface area contributed by atoms with Crippen LogP contribution in [0.1, 0.15) is 159 Å². The number of rotatable bonds is 12. The van der Waals surface area contributed by atoms with Crippen molar-refractivity contribution in [2.24, 2.45) is 29.6 Å². The van der Waals surface area contributed by atoms with Gasteiger partial charge in [-0.25, -0.2) is 4.39 Å². The third-order valence-electron chi connectivity index (χ3n) is 10.9. The van der Waals surface area contributed by atoms with Crippen LogP contribution in [-0.2, 0) is 4.79 Å². The molecule has 3 heteroatoms. The van der Waals surface area contributed by atoms with E-state index in [9.17, 15) is 4.79 Å². The molecule has 4 rings (SSSR count). The van der Waals surface area contributed by atoms with E-state index in [1.807, 2.05) is 19.9 Å². The van der Waals surface area contributed by atoms with E-state index in [0.29, 0.717) is 11.8 Å².